The van der Waals surface area contributed by atoms with E-state index in [1.165, 1.54) is 25.7 Å². The predicted octanol–water partition coefficient (Wildman–Crippen LogP) is 2.77. The highest BCUT2D eigenvalue weighted by Gasteiger charge is 2.29. The van der Waals surface area contributed by atoms with Crippen molar-refractivity contribution in [3.05, 3.63) is 51.2 Å². The Kier molecular flexibility index (Phi) is 6.76. The van der Waals surface area contributed by atoms with Crippen molar-refractivity contribution in [1.29, 1.82) is 0 Å². The molecule has 0 amide bonds. The molecule has 140 valence electrons. The number of carbonyl (C=O) groups excluding carboxylic acids is 2. The number of esters is 2. The van der Waals surface area contributed by atoms with E-state index in [9.17, 15) is 18.0 Å². The van der Waals surface area contributed by atoms with Gasteiger partial charge >= 0.3 is 11.9 Å². The van der Waals surface area contributed by atoms with E-state index in [2.05, 4.69) is 14.2 Å². The highest BCUT2D eigenvalue weighted by molar-refractivity contribution is 7.89. The molecule has 26 heavy (non-hydrogen) atoms. The lowest BCUT2D eigenvalue weighted by Gasteiger charge is -2.18. The quantitative estimate of drug-likeness (QED) is 0.695. The summed E-state index contributed by atoms with van der Waals surface area (Å²) in [5, 5.41) is 1.94. The van der Waals surface area contributed by atoms with E-state index in [0.717, 1.165) is 11.3 Å². The van der Waals surface area contributed by atoms with Crippen LogP contribution in [0.3, 0.4) is 0 Å². The number of carbonyl (C=O) groups is 2. The molecule has 0 bridgehead atoms. The van der Waals surface area contributed by atoms with Crippen LogP contribution in [0.15, 0.2) is 40.6 Å². The Balaban J connectivity index is 2.37. The SMILES string of the molecule is COC(=O)CC(NS(=O)(=O)c1ccsc1C(=O)OC)c1ccc(Cl)cc1. The molecule has 2 rings (SSSR count). The van der Waals surface area contributed by atoms with Crippen LogP contribution in [0.4, 0.5) is 0 Å². The number of thiophene rings is 1. The van der Waals surface area contributed by atoms with E-state index >= 15 is 0 Å². The fraction of sp³-hybridized carbons (Fsp3) is 0.250. The summed E-state index contributed by atoms with van der Waals surface area (Å²) < 4.78 is 37.2. The Morgan fingerprint density at radius 2 is 1.81 bits per heavy atom. The van der Waals surface area contributed by atoms with Gasteiger partial charge in [-0.3, -0.25) is 4.79 Å². The van der Waals surface area contributed by atoms with Crippen molar-refractivity contribution in [2.75, 3.05) is 14.2 Å². The Hall–Kier alpha value is -1.94. The van der Waals surface area contributed by atoms with E-state index in [1.54, 1.807) is 24.3 Å². The predicted molar refractivity (Wildman–Crippen MR) is 96.8 cm³/mol. The van der Waals surface area contributed by atoms with Gasteiger partial charge in [-0.1, -0.05) is 23.7 Å². The van der Waals surface area contributed by atoms with Gasteiger partial charge < -0.3 is 9.47 Å². The van der Waals surface area contributed by atoms with Crippen LogP contribution in [-0.4, -0.2) is 34.6 Å². The van der Waals surface area contributed by atoms with E-state index in [1.807, 2.05) is 0 Å². The van der Waals surface area contributed by atoms with Crippen molar-refractivity contribution < 1.29 is 27.5 Å². The topological polar surface area (TPSA) is 98.8 Å². The lowest BCUT2D eigenvalue weighted by Crippen LogP contribution is -2.31. The van der Waals surface area contributed by atoms with Gasteiger partial charge in [0.05, 0.1) is 26.7 Å². The van der Waals surface area contributed by atoms with Crippen LogP contribution in [0.2, 0.25) is 5.02 Å². The molecule has 0 spiro atoms. The normalized spacial score (nSPS) is 12.4. The maximum absolute atomic E-state index is 12.8. The van der Waals surface area contributed by atoms with Gasteiger partial charge in [-0.15, -0.1) is 11.3 Å². The highest BCUT2D eigenvalue weighted by atomic mass is 35.5. The third-order valence-corrected chi connectivity index (χ3v) is 6.25. The van der Waals surface area contributed by atoms with Crippen LogP contribution in [-0.2, 0) is 24.3 Å². The number of hydrogen-bond acceptors (Lipinski definition) is 7. The van der Waals surface area contributed by atoms with Crippen LogP contribution >= 0.6 is 22.9 Å². The number of hydrogen-bond donors (Lipinski definition) is 1. The molecular weight excluding hydrogens is 402 g/mol. The van der Waals surface area contributed by atoms with Crippen molar-refractivity contribution in [3.8, 4) is 0 Å². The van der Waals surface area contributed by atoms with Gasteiger partial charge in [0.2, 0.25) is 10.0 Å². The molecule has 10 heteroatoms. The zero-order valence-corrected chi connectivity index (χ0v) is 16.3. The summed E-state index contributed by atoms with van der Waals surface area (Å²) in [7, 11) is -1.72. The Bertz CT molecular complexity index is 892. The zero-order chi connectivity index (χ0) is 19.3. The molecule has 0 fully saturated rings. The first-order chi connectivity index (χ1) is 12.3. The highest BCUT2D eigenvalue weighted by Crippen LogP contribution is 2.27. The molecule has 1 aromatic heterocycles. The van der Waals surface area contributed by atoms with Gasteiger partial charge in [-0.05, 0) is 29.1 Å². The molecule has 2 aromatic rings. The molecule has 0 aliphatic heterocycles. The van der Waals surface area contributed by atoms with Crippen molar-refractivity contribution in [1.82, 2.24) is 4.72 Å². The first-order valence-electron chi connectivity index (χ1n) is 7.29. The van der Waals surface area contributed by atoms with E-state index in [-0.39, 0.29) is 16.2 Å². The van der Waals surface area contributed by atoms with Gasteiger partial charge in [0, 0.05) is 5.02 Å². The van der Waals surface area contributed by atoms with Gasteiger partial charge in [-0.2, -0.15) is 0 Å². The number of methoxy groups -OCH3 is 2. The van der Waals surface area contributed by atoms with Gasteiger partial charge in [0.25, 0.3) is 0 Å². The molecule has 0 aliphatic carbocycles. The molecule has 0 aliphatic rings. The number of halogens is 1. The lowest BCUT2D eigenvalue weighted by molar-refractivity contribution is -0.141. The summed E-state index contributed by atoms with van der Waals surface area (Å²) in [6, 6.07) is 6.78. The second kappa shape index (κ2) is 8.63. The molecule has 0 saturated heterocycles. The molecular formula is C16H16ClNO6S2. The lowest BCUT2D eigenvalue weighted by atomic mass is 10.1. The maximum Gasteiger partial charge on any atom is 0.349 e. The summed E-state index contributed by atoms with van der Waals surface area (Å²) >= 11 is 6.80. The molecule has 1 aromatic carbocycles. The minimum atomic E-state index is -4.10. The molecule has 0 saturated carbocycles. The summed E-state index contributed by atoms with van der Waals surface area (Å²) in [6.07, 6.45) is -0.227. The minimum absolute atomic E-state index is 0.0482. The molecule has 1 N–H and O–H groups in total. The van der Waals surface area contributed by atoms with Gasteiger partial charge in [0.15, 0.2) is 0 Å². The molecule has 1 atom stereocenters. The van der Waals surface area contributed by atoms with Crippen LogP contribution in [0.5, 0.6) is 0 Å². The number of rotatable bonds is 7. The number of nitrogens with one attached hydrogen (secondary N) is 1. The van der Waals surface area contributed by atoms with Crippen molar-refractivity contribution in [2.45, 2.75) is 17.4 Å². The largest absolute Gasteiger partial charge is 0.469 e. The van der Waals surface area contributed by atoms with E-state index in [4.69, 9.17) is 11.6 Å². The molecule has 1 unspecified atom stereocenters. The van der Waals surface area contributed by atoms with Crippen molar-refractivity contribution >= 4 is 44.9 Å². The minimum Gasteiger partial charge on any atom is -0.469 e. The summed E-state index contributed by atoms with van der Waals surface area (Å²) in [6.45, 7) is 0. The average Bonchev–Trinajstić information content (AvgIpc) is 3.11. The van der Waals surface area contributed by atoms with E-state index in [0.29, 0.717) is 10.6 Å². The van der Waals surface area contributed by atoms with Crippen LogP contribution < -0.4 is 4.72 Å². The third-order valence-electron chi connectivity index (χ3n) is 3.46. The monoisotopic (exact) mass is 417 g/mol. The summed E-state index contributed by atoms with van der Waals surface area (Å²) in [5.41, 5.74) is 0.526. The fourth-order valence-electron chi connectivity index (χ4n) is 2.17. The van der Waals surface area contributed by atoms with Crippen molar-refractivity contribution in [2.24, 2.45) is 0 Å². The standard InChI is InChI=1S/C16H16ClNO6S2/c1-23-14(19)9-12(10-3-5-11(17)6-4-10)18-26(21,22)13-7-8-25-15(13)16(20)24-2/h3-8,12,18H,9H2,1-2H3. The van der Waals surface area contributed by atoms with Crippen LogP contribution in [0.25, 0.3) is 0 Å². The fourth-order valence-corrected chi connectivity index (χ4v) is 4.86. The Morgan fingerprint density at radius 1 is 1.15 bits per heavy atom. The van der Waals surface area contributed by atoms with Crippen LogP contribution in [0.1, 0.15) is 27.7 Å². The zero-order valence-electron chi connectivity index (χ0n) is 13.9. The molecule has 7 nitrogen and oxygen atoms in total. The second-order valence-corrected chi connectivity index (χ2v) is 8.15. The molecule has 0 radical (unpaired) electrons. The number of ether oxygens (including phenoxy) is 2. The number of sulfonamides is 1. The molecule has 1 heterocycles. The summed E-state index contributed by atoms with van der Waals surface area (Å²) in [4.78, 5) is 23.2. The average molecular weight is 418 g/mol. The van der Waals surface area contributed by atoms with E-state index < -0.39 is 28.0 Å². The first-order valence-corrected chi connectivity index (χ1v) is 10.0. The van der Waals surface area contributed by atoms with Gasteiger partial charge in [0.1, 0.15) is 9.77 Å². The van der Waals surface area contributed by atoms with Crippen molar-refractivity contribution in [3.63, 3.8) is 0 Å². The smallest absolute Gasteiger partial charge is 0.349 e. The first kappa shape index (κ1) is 20.4. The summed E-state index contributed by atoms with van der Waals surface area (Å²) in [5.74, 6) is -1.34. The Morgan fingerprint density at radius 3 is 2.38 bits per heavy atom. The second-order valence-electron chi connectivity index (χ2n) is 5.11. The Labute approximate surface area is 159 Å². The van der Waals surface area contributed by atoms with Crippen LogP contribution in [0, 0.1) is 0 Å². The van der Waals surface area contributed by atoms with Gasteiger partial charge in [-0.25, -0.2) is 17.9 Å². The number of benzene rings is 1. The maximum atomic E-state index is 12.8. The third kappa shape index (κ3) is 4.82.